The maximum atomic E-state index is 13.4. The van der Waals surface area contributed by atoms with Gasteiger partial charge in [-0.05, 0) is 30.3 Å². The van der Waals surface area contributed by atoms with Gasteiger partial charge in [-0.3, -0.25) is 4.79 Å². The van der Waals surface area contributed by atoms with Crippen molar-refractivity contribution in [1.29, 1.82) is 0 Å². The van der Waals surface area contributed by atoms with Crippen LogP contribution in [0.4, 0.5) is 14.5 Å². The van der Waals surface area contributed by atoms with E-state index in [4.69, 9.17) is 16.7 Å². The Morgan fingerprint density at radius 1 is 1.11 bits per heavy atom. The van der Waals surface area contributed by atoms with E-state index in [1.54, 1.807) is 0 Å². The van der Waals surface area contributed by atoms with E-state index in [9.17, 15) is 13.6 Å². The molecule has 0 radical (unpaired) electrons. The number of carbonyl (C=O) groups is 1. The fourth-order valence-electron chi connectivity index (χ4n) is 1.44. The molecule has 0 aliphatic carbocycles. The number of hydrogen-bond acceptors (Lipinski definition) is 2. The lowest BCUT2D eigenvalue weighted by atomic mass is 10.2. The molecular weight excluding hydrogens is 276 g/mol. The highest BCUT2D eigenvalue weighted by molar-refractivity contribution is 6.30. The normalized spacial score (nSPS) is 10.3. The van der Waals surface area contributed by atoms with Crippen LogP contribution in [0.15, 0.2) is 36.4 Å². The largest absolute Gasteiger partial charge is 0.508 e. The number of hydrogen-bond donors (Lipinski definition) is 2. The number of benzene rings is 2. The number of amides is 1. The summed E-state index contributed by atoms with van der Waals surface area (Å²) in [5.74, 6) is -2.46. The van der Waals surface area contributed by atoms with Gasteiger partial charge in [0.05, 0.1) is 10.7 Å². The van der Waals surface area contributed by atoms with Crippen LogP contribution in [0.25, 0.3) is 0 Å². The molecule has 0 saturated heterocycles. The molecule has 0 bridgehead atoms. The summed E-state index contributed by atoms with van der Waals surface area (Å²) >= 11 is 5.49. The van der Waals surface area contributed by atoms with Crippen LogP contribution >= 0.6 is 11.6 Å². The van der Waals surface area contributed by atoms with Gasteiger partial charge in [-0.15, -0.1) is 0 Å². The molecule has 3 nitrogen and oxygen atoms in total. The van der Waals surface area contributed by atoms with Crippen LogP contribution < -0.4 is 5.32 Å². The van der Waals surface area contributed by atoms with Crippen molar-refractivity contribution in [1.82, 2.24) is 0 Å². The number of phenols is 1. The summed E-state index contributed by atoms with van der Waals surface area (Å²) in [7, 11) is 0. The van der Waals surface area contributed by atoms with Gasteiger partial charge >= 0.3 is 0 Å². The number of nitrogens with one attached hydrogen (secondary N) is 1. The molecule has 2 N–H and O–H groups in total. The molecule has 0 atom stereocenters. The minimum Gasteiger partial charge on any atom is -0.508 e. The average molecular weight is 284 g/mol. The highest BCUT2D eigenvalue weighted by Gasteiger charge is 2.11. The van der Waals surface area contributed by atoms with Crippen molar-refractivity contribution in [3.63, 3.8) is 0 Å². The first-order valence-corrected chi connectivity index (χ1v) is 5.60. The molecule has 0 saturated carbocycles. The molecule has 6 heteroatoms. The van der Waals surface area contributed by atoms with Gasteiger partial charge in [-0.25, -0.2) is 8.78 Å². The maximum absolute atomic E-state index is 13.4. The monoisotopic (exact) mass is 283 g/mol. The van der Waals surface area contributed by atoms with Crippen molar-refractivity contribution < 1.29 is 18.7 Å². The van der Waals surface area contributed by atoms with Crippen LogP contribution in [0.2, 0.25) is 5.02 Å². The standard InChI is InChI=1S/C13H8ClF2NO2/c14-9-3-1-7(5-10(9)15)13(19)17-12-4-2-8(18)6-11(12)16/h1-6,18H,(H,17,19). The van der Waals surface area contributed by atoms with Crippen molar-refractivity contribution in [3.8, 4) is 5.75 Å². The van der Waals surface area contributed by atoms with Gasteiger partial charge in [0.2, 0.25) is 0 Å². The zero-order valence-corrected chi connectivity index (χ0v) is 10.2. The zero-order valence-electron chi connectivity index (χ0n) is 9.45. The fraction of sp³-hybridized carbons (Fsp3) is 0. The number of anilines is 1. The molecule has 98 valence electrons. The third-order valence-electron chi connectivity index (χ3n) is 2.38. The molecule has 1 amide bonds. The van der Waals surface area contributed by atoms with Crippen LogP contribution in [0.1, 0.15) is 10.4 Å². The second kappa shape index (κ2) is 5.24. The first-order valence-electron chi connectivity index (χ1n) is 5.22. The SMILES string of the molecule is O=C(Nc1ccc(O)cc1F)c1ccc(Cl)c(F)c1. The lowest BCUT2D eigenvalue weighted by Crippen LogP contribution is -2.13. The van der Waals surface area contributed by atoms with E-state index in [2.05, 4.69) is 5.32 Å². The Morgan fingerprint density at radius 3 is 2.47 bits per heavy atom. The first-order chi connectivity index (χ1) is 8.97. The van der Waals surface area contributed by atoms with Crippen LogP contribution in [0.5, 0.6) is 5.75 Å². The third-order valence-corrected chi connectivity index (χ3v) is 2.69. The van der Waals surface area contributed by atoms with Gasteiger partial charge in [-0.2, -0.15) is 0 Å². The maximum Gasteiger partial charge on any atom is 0.255 e. The number of halogens is 3. The van der Waals surface area contributed by atoms with Crippen LogP contribution in [0.3, 0.4) is 0 Å². The van der Waals surface area contributed by atoms with Crippen molar-refractivity contribution in [2.45, 2.75) is 0 Å². The first kappa shape index (κ1) is 13.3. The number of aromatic hydroxyl groups is 1. The zero-order chi connectivity index (χ0) is 14.0. The van der Waals surface area contributed by atoms with Crippen LogP contribution in [0, 0.1) is 11.6 Å². The number of carbonyl (C=O) groups excluding carboxylic acids is 1. The quantitative estimate of drug-likeness (QED) is 0.828. The van der Waals surface area contributed by atoms with Gasteiger partial charge in [0.1, 0.15) is 17.4 Å². The Hall–Kier alpha value is -2.14. The predicted molar refractivity (Wildman–Crippen MR) is 67.4 cm³/mol. The molecule has 0 aromatic heterocycles. The van der Waals surface area contributed by atoms with Crippen molar-refractivity contribution in [3.05, 3.63) is 58.6 Å². The number of rotatable bonds is 2. The fourth-order valence-corrected chi connectivity index (χ4v) is 1.55. The molecule has 2 aromatic rings. The molecule has 0 unspecified atom stereocenters. The highest BCUT2D eigenvalue weighted by atomic mass is 35.5. The molecule has 0 fully saturated rings. The summed E-state index contributed by atoms with van der Waals surface area (Å²) in [4.78, 5) is 11.8. The van der Waals surface area contributed by atoms with Crippen LogP contribution in [-0.2, 0) is 0 Å². The minimum atomic E-state index is -0.789. The second-order valence-corrected chi connectivity index (χ2v) is 4.15. The summed E-state index contributed by atoms with van der Waals surface area (Å²) < 4.78 is 26.6. The number of phenolic OH excluding ortho intramolecular Hbond substituents is 1. The lowest BCUT2D eigenvalue weighted by molar-refractivity contribution is 0.102. The van der Waals surface area contributed by atoms with E-state index in [0.717, 1.165) is 12.1 Å². The van der Waals surface area contributed by atoms with E-state index in [0.29, 0.717) is 0 Å². The predicted octanol–water partition coefficient (Wildman–Crippen LogP) is 3.58. The van der Waals surface area contributed by atoms with E-state index >= 15 is 0 Å². The Kier molecular flexibility index (Phi) is 3.66. The molecule has 2 aromatic carbocycles. The Bertz CT molecular complexity index is 647. The summed E-state index contributed by atoms with van der Waals surface area (Å²) in [5.41, 5.74) is -0.104. The Labute approximate surface area is 112 Å². The van der Waals surface area contributed by atoms with E-state index in [-0.39, 0.29) is 22.0 Å². The van der Waals surface area contributed by atoms with Gasteiger partial charge in [-0.1, -0.05) is 11.6 Å². The van der Waals surface area contributed by atoms with Crippen molar-refractivity contribution in [2.24, 2.45) is 0 Å². The highest BCUT2D eigenvalue weighted by Crippen LogP contribution is 2.21. The molecular formula is C13H8ClF2NO2. The van der Waals surface area contributed by atoms with Crippen LogP contribution in [-0.4, -0.2) is 11.0 Å². The van der Waals surface area contributed by atoms with Gasteiger partial charge in [0.15, 0.2) is 0 Å². The lowest BCUT2D eigenvalue weighted by Gasteiger charge is -2.07. The van der Waals surface area contributed by atoms with Gasteiger partial charge in [0, 0.05) is 11.6 Å². The summed E-state index contributed by atoms with van der Waals surface area (Å²) in [6.07, 6.45) is 0. The summed E-state index contributed by atoms with van der Waals surface area (Å²) in [6, 6.07) is 6.79. The van der Waals surface area contributed by atoms with Crippen molar-refractivity contribution in [2.75, 3.05) is 5.32 Å². The smallest absolute Gasteiger partial charge is 0.255 e. The van der Waals surface area contributed by atoms with Crippen molar-refractivity contribution >= 4 is 23.2 Å². The summed E-state index contributed by atoms with van der Waals surface area (Å²) in [5, 5.41) is 11.2. The van der Waals surface area contributed by atoms with E-state index < -0.39 is 17.5 Å². The third kappa shape index (κ3) is 3.00. The average Bonchev–Trinajstić information content (AvgIpc) is 2.36. The second-order valence-electron chi connectivity index (χ2n) is 3.75. The van der Waals surface area contributed by atoms with E-state index in [1.165, 1.54) is 24.3 Å². The van der Waals surface area contributed by atoms with Gasteiger partial charge in [0.25, 0.3) is 5.91 Å². The minimum absolute atomic E-state index is 0.00868. The molecule has 0 spiro atoms. The molecule has 2 rings (SSSR count). The Morgan fingerprint density at radius 2 is 1.84 bits per heavy atom. The Balaban J connectivity index is 2.23. The van der Waals surface area contributed by atoms with Gasteiger partial charge < -0.3 is 10.4 Å². The molecule has 19 heavy (non-hydrogen) atoms. The molecule has 0 heterocycles. The molecule has 0 aliphatic heterocycles. The van der Waals surface area contributed by atoms with E-state index in [1.807, 2.05) is 0 Å². The summed E-state index contributed by atoms with van der Waals surface area (Å²) in [6.45, 7) is 0. The topological polar surface area (TPSA) is 49.3 Å². The molecule has 0 aliphatic rings.